The summed E-state index contributed by atoms with van der Waals surface area (Å²) in [4.78, 5) is 12.2. The van der Waals surface area contributed by atoms with Crippen molar-refractivity contribution in [3.63, 3.8) is 0 Å². The quantitative estimate of drug-likeness (QED) is 0.427. The maximum absolute atomic E-state index is 12.9. The third kappa shape index (κ3) is 4.86. The van der Waals surface area contributed by atoms with Gasteiger partial charge in [0, 0.05) is 13.5 Å². The number of sulfonamides is 1. The van der Waals surface area contributed by atoms with Crippen LogP contribution < -0.4 is 9.04 Å². The van der Waals surface area contributed by atoms with Crippen LogP contribution in [0.2, 0.25) is 0 Å². The number of furan rings is 1. The van der Waals surface area contributed by atoms with Crippen molar-refractivity contribution in [2.24, 2.45) is 0 Å². The lowest BCUT2D eigenvalue weighted by atomic mass is 10.1. The van der Waals surface area contributed by atoms with Gasteiger partial charge in [-0.15, -0.1) is 0 Å². The highest BCUT2D eigenvalue weighted by atomic mass is 32.2. The molecule has 3 aromatic rings. The summed E-state index contributed by atoms with van der Waals surface area (Å²) in [5, 5.41) is 0. The highest BCUT2D eigenvalue weighted by Gasteiger charge is 2.22. The normalized spacial score (nSPS) is 11.3. The van der Waals surface area contributed by atoms with Crippen LogP contribution in [0.5, 0.6) is 5.75 Å². The van der Waals surface area contributed by atoms with Crippen LogP contribution in [0.15, 0.2) is 70.2 Å². The van der Waals surface area contributed by atoms with Gasteiger partial charge in [-0.3, -0.25) is 9.10 Å². The zero-order valence-corrected chi connectivity index (χ0v) is 17.4. The van der Waals surface area contributed by atoms with Crippen molar-refractivity contribution >= 4 is 21.7 Å². The van der Waals surface area contributed by atoms with E-state index in [1.54, 1.807) is 60.9 Å². The van der Waals surface area contributed by atoms with E-state index in [9.17, 15) is 13.2 Å². The molecule has 2 aromatic carbocycles. The Bertz CT molecular complexity index is 1090. The van der Waals surface area contributed by atoms with E-state index in [1.807, 2.05) is 13.8 Å². The van der Waals surface area contributed by atoms with Gasteiger partial charge >= 0.3 is 5.97 Å². The van der Waals surface area contributed by atoms with Crippen LogP contribution in [0.25, 0.3) is 0 Å². The first-order valence-corrected chi connectivity index (χ1v) is 10.6. The predicted molar refractivity (Wildman–Crippen MR) is 111 cm³/mol. The number of carbonyl (C=O) groups excluding carboxylic acids is 1. The number of anilines is 1. The topological polar surface area (TPSA) is 76.8 Å². The molecule has 0 bridgehead atoms. The second-order valence-corrected chi connectivity index (χ2v) is 8.74. The summed E-state index contributed by atoms with van der Waals surface area (Å²) in [5.74, 6) is 0.691. The number of rotatable bonds is 7. The van der Waals surface area contributed by atoms with E-state index < -0.39 is 10.0 Å². The third-order valence-corrected chi connectivity index (χ3v) is 6.51. The van der Waals surface area contributed by atoms with Crippen LogP contribution in [0, 0.1) is 13.8 Å². The fraction of sp³-hybridized carbons (Fsp3) is 0.227. The number of ether oxygens (including phenoxy) is 1. The summed E-state index contributed by atoms with van der Waals surface area (Å²) in [7, 11) is -2.19. The number of nitrogens with zero attached hydrogens (tertiary/aromatic N) is 1. The first-order valence-electron chi connectivity index (χ1n) is 9.16. The molecule has 0 aliphatic carbocycles. The maximum atomic E-state index is 12.9. The molecule has 0 aliphatic rings. The van der Waals surface area contributed by atoms with E-state index in [4.69, 9.17) is 9.15 Å². The second-order valence-electron chi connectivity index (χ2n) is 6.77. The standard InChI is InChI=1S/C22H23NO5S/c1-16-6-12-21(15-17(16)2)29(25,26)23(3)18-7-9-20(10-8-18)28-22(24)13-11-19-5-4-14-27-19/h4-10,12,14-15H,11,13H2,1-3H3. The molecule has 0 radical (unpaired) electrons. The molecule has 3 rings (SSSR count). The van der Waals surface area contributed by atoms with Gasteiger partial charge in [0.1, 0.15) is 11.5 Å². The van der Waals surface area contributed by atoms with Gasteiger partial charge in [0.15, 0.2) is 0 Å². The van der Waals surface area contributed by atoms with Crippen molar-refractivity contribution in [1.82, 2.24) is 0 Å². The van der Waals surface area contributed by atoms with Crippen LogP contribution in [-0.2, 0) is 21.2 Å². The molecule has 1 heterocycles. The molecule has 0 unspecified atom stereocenters. The molecule has 0 saturated heterocycles. The molecule has 29 heavy (non-hydrogen) atoms. The zero-order chi connectivity index (χ0) is 21.0. The smallest absolute Gasteiger partial charge is 0.311 e. The van der Waals surface area contributed by atoms with Gasteiger partial charge in [-0.1, -0.05) is 6.07 Å². The van der Waals surface area contributed by atoms with Crippen LogP contribution in [0.4, 0.5) is 5.69 Å². The average molecular weight is 413 g/mol. The predicted octanol–water partition coefficient (Wildman–Crippen LogP) is 4.26. The number of benzene rings is 2. The number of carbonyl (C=O) groups is 1. The minimum Gasteiger partial charge on any atom is -0.469 e. The highest BCUT2D eigenvalue weighted by Crippen LogP contribution is 2.25. The third-order valence-electron chi connectivity index (χ3n) is 4.72. The van der Waals surface area contributed by atoms with Crippen LogP contribution >= 0.6 is 0 Å². The van der Waals surface area contributed by atoms with Gasteiger partial charge in [0.25, 0.3) is 10.0 Å². The van der Waals surface area contributed by atoms with Crippen LogP contribution in [-0.4, -0.2) is 21.4 Å². The monoisotopic (exact) mass is 413 g/mol. The molecule has 0 saturated carbocycles. The van der Waals surface area contributed by atoms with Crippen molar-refractivity contribution in [3.8, 4) is 5.75 Å². The molecule has 0 spiro atoms. The minimum atomic E-state index is -3.69. The number of hydrogen-bond donors (Lipinski definition) is 0. The number of hydrogen-bond acceptors (Lipinski definition) is 5. The zero-order valence-electron chi connectivity index (χ0n) is 16.6. The Labute approximate surface area is 170 Å². The van der Waals surface area contributed by atoms with Gasteiger partial charge < -0.3 is 9.15 Å². The van der Waals surface area contributed by atoms with Crippen molar-refractivity contribution < 1.29 is 22.4 Å². The molecule has 6 nitrogen and oxygen atoms in total. The molecule has 0 aliphatic heterocycles. The van der Waals surface area contributed by atoms with E-state index in [-0.39, 0.29) is 17.3 Å². The van der Waals surface area contributed by atoms with Crippen molar-refractivity contribution in [2.45, 2.75) is 31.6 Å². The maximum Gasteiger partial charge on any atom is 0.311 e. The molecule has 7 heteroatoms. The summed E-state index contributed by atoms with van der Waals surface area (Å²) >= 11 is 0. The molecule has 0 N–H and O–H groups in total. The molecule has 0 amide bonds. The Hall–Kier alpha value is -3.06. The lowest BCUT2D eigenvalue weighted by molar-refractivity contribution is -0.134. The molecule has 1 aromatic heterocycles. The molecular weight excluding hydrogens is 390 g/mol. The Balaban J connectivity index is 1.66. The molecule has 152 valence electrons. The fourth-order valence-corrected chi connectivity index (χ4v) is 4.04. The minimum absolute atomic E-state index is 0.191. The van der Waals surface area contributed by atoms with Crippen molar-refractivity contribution in [1.29, 1.82) is 0 Å². The van der Waals surface area contributed by atoms with Gasteiger partial charge in [0.05, 0.1) is 23.3 Å². The SMILES string of the molecule is Cc1ccc(S(=O)(=O)N(C)c2ccc(OC(=O)CCc3ccco3)cc2)cc1C. The number of aryl methyl sites for hydroxylation is 3. The summed E-state index contributed by atoms with van der Waals surface area (Å²) in [6.45, 7) is 3.81. The van der Waals surface area contributed by atoms with Crippen molar-refractivity contribution in [3.05, 3.63) is 77.7 Å². The van der Waals surface area contributed by atoms with E-state index in [2.05, 4.69) is 0 Å². The Morgan fingerprint density at radius 3 is 2.38 bits per heavy atom. The average Bonchev–Trinajstić information content (AvgIpc) is 3.22. The summed E-state index contributed by atoms with van der Waals surface area (Å²) in [6.07, 6.45) is 2.21. The second kappa shape index (κ2) is 8.53. The molecule has 0 atom stereocenters. The fourth-order valence-electron chi connectivity index (χ4n) is 2.76. The Morgan fingerprint density at radius 2 is 1.76 bits per heavy atom. The van der Waals surface area contributed by atoms with Gasteiger partial charge in [-0.25, -0.2) is 8.42 Å². The highest BCUT2D eigenvalue weighted by molar-refractivity contribution is 7.92. The van der Waals surface area contributed by atoms with Gasteiger partial charge in [-0.2, -0.15) is 0 Å². The van der Waals surface area contributed by atoms with E-state index in [0.29, 0.717) is 17.9 Å². The first-order chi connectivity index (χ1) is 13.8. The molecular formula is C22H23NO5S. The number of esters is 1. The van der Waals surface area contributed by atoms with Gasteiger partial charge in [0.2, 0.25) is 0 Å². The largest absolute Gasteiger partial charge is 0.469 e. The van der Waals surface area contributed by atoms with Crippen molar-refractivity contribution in [2.75, 3.05) is 11.4 Å². The summed E-state index contributed by atoms with van der Waals surface area (Å²) < 4.78 is 37.5. The lowest BCUT2D eigenvalue weighted by Gasteiger charge is -2.20. The van der Waals surface area contributed by atoms with E-state index in [1.165, 1.54) is 11.4 Å². The summed E-state index contributed by atoms with van der Waals surface area (Å²) in [5.41, 5.74) is 2.42. The summed E-state index contributed by atoms with van der Waals surface area (Å²) in [6, 6.07) is 15.0. The van der Waals surface area contributed by atoms with Gasteiger partial charge in [-0.05, 0) is 73.5 Å². The van der Waals surface area contributed by atoms with E-state index in [0.717, 1.165) is 16.9 Å². The Morgan fingerprint density at radius 1 is 1.03 bits per heavy atom. The van der Waals surface area contributed by atoms with Crippen LogP contribution in [0.1, 0.15) is 23.3 Å². The first kappa shape index (κ1) is 20.7. The van der Waals surface area contributed by atoms with E-state index >= 15 is 0 Å². The van der Waals surface area contributed by atoms with Crippen LogP contribution in [0.3, 0.4) is 0 Å². The lowest BCUT2D eigenvalue weighted by Crippen LogP contribution is -2.26. The molecule has 0 fully saturated rings. The Kier molecular flexibility index (Phi) is 6.08.